The molecule has 8 nitrogen and oxygen atoms in total. The molecule has 0 spiro atoms. The molecule has 1 heterocycles. The summed E-state index contributed by atoms with van der Waals surface area (Å²) in [6.45, 7) is 3.25. The number of hydrogen-bond donors (Lipinski definition) is 3. The zero-order valence-corrected chi connectivity index (χ0v) is 16.1. The van der Waals surface area contributed by atoms with E-state index in [2.05, 4.69) is 10.2 Å². The van der Waals surface area contributed by atoms with Crippen LogP contribution < -0.4 is 15.8 Å². The largest absolute Gasteiger partial charge is 0.496 e. The van der Waals surface area contributed by atoms with Crippen LogP contribution in [0.1, 0.15) is 29.6 Å². The molecule has 0 aromatic heterocycles. The monoisotopic (exact) mass is 399 g/mol. The first kappa shape index (κ1) is 21.3. The molecule has 4 N–H and O–H groups in total. The zero-order chi connectivity index (χ0) is 19.8. The number of nitrogens with one attached hydrogen (secondary N) is 1. The SMILES string of the molecule is COc1cc(N)c(Cl)cc1C(=O)NC[C@@H]1CN(CCCCC(=O)O)CCO1. The number of carboxylic acid groups (broad SMARTS) is 1. The minimum Gasteiger partial charge on any atom is -0.496 e. The van der Waals surface area contributed by atoms with Crippen LogP contribution in [0.5, 0.6) is 5.75 Å². The van der Waals surface area contributed by atoms with Crippen LogP contribution in [0, 0.1) is 0 Å². The highest BCUT2D eigenvalue weighted by Gasteiger charge is 2.22. The quantitative estimate of drug-likeness (QED) is 0.427. The van der Waals surface area contributed by atoms with Gasteiger partial charge in [0.2, 0.25) is 0 Å². The molecule has 9 heteroatoms. The van der Waals surface area contributed by atoms with Crippen LogP contribution in [-0.2, 0) is 9.53 Å². The van der Waals surface area contributed by atoms with Crippen LogP contribution in [-0.4, -0.2) is 67.9 Å². The predicted molar refractivity (Wildman–Crippen MR) is 102 cm³/mol. The van der Waals surface area contributed by atoms with Crippen molar-refractivity contribution < 1.29 is 24.2 Å². The van der Waals surface area contributed by atoms with Gasteiger partial charge in [0, 0.05) is 32.1 Å². The molecule has 1 atom stereocenters. The van der Waals surface area contributed by atoms with Crippen LogP contribution in [0.25, 0.3) is 0 Å². The topological polar surface area (TPSA) is 114 Å². The number of nitrogen functional groups attached to an aromatic ring is 1. The Morgan fingerprint density at radius 1 is 1.44 bits per heavy atom. The van der Waals surface area contributed by atoms with Crippen LogP contribution in [0.4, 0.5) is 5.69 Å². The van der Waals surface area contributed by atoms with Gasteiger partial charge in [-0.25, -0.2) is 0 Å². The van der Waals surface area contributed by atoms with Crippen molar-refractivity contribution in [3.05, 3.63) is 22.7 Å². The van der Waals surface area contributed by atoms with E-state index in [1.54, 1.807) is 0 Å². The van der Waals surface area contributed by atoms with Crippen molar-refractivity contribution in [3.8, 4) is 5.75 Å². The number of nitrogens with zero attached hydrogens (tertiary/aromatic N) is 1. The number of amides is 1. The number of benzene rings is 1. The van der Waals surface area contributed by atoms with E-state index in [-0.39, 0.29) is 18.4 Å². The lowest BCUT2D eigenvalue weighted by atomic mass is 10.1. The van der Waals surface area contributed by atoms with Gasteiger partial charge in [-0.1, -0.05) is 11.6 Å². The highest BCUT2D eigenvalue weighted by atomic mass is 35.5. The summed E-state index contributed by atoms with van der Waals surface area (Å²) < 4.78 is 10.9. The van der Waals surface area contributed by atoms with E-state index in [0.29, 0.717) is 48.1 Å². The van der Waals surface area contributed by atoms with Crippen molar-refractivity contribution in [2.75, 3.05) is 45.6 Å². The number of methoxy groups -OCH3 is 1. The van der Waals surface area contributed by atoms with Gasteiger partial charge in [0.05, 0.1) is 36.1 Å². The number of unbranched alkanes of at least 4 members (excludes halogenated alkanes) is 1. The van der Waals surface area contributed by atoms with Crippen LogP contribution in [0.2, 0.25) is 5.02 Å². The lowest BCUT2D eigenvalue weighted by Gasteiger charge is -2.33. The molecule has 150 valence electrons. The first-order chi connectivity index (χ1) is 12.9. The molecular weight excluding hydrogens is 374 g/mol. The summed E-state index contributed by atoms with van der Waals surface area (Å²) >= 11 is 6.01. The highest BCUT2D eigenvalue weighted by molar-refractivity contribution is 6.33. The van der Waals surface area contributed by atoms with Crippen molar-refractivity contribution >= 4 is 29.2 Å². The molecule has 1 aromatic rings. The van der Waals surface area contributed by atoms with Crippen molar-refractivity contribution in [1.29, 1.82) is 0 Å². The molecule has 0 saturated carbocycles. The molecular formula is C18H26ClN3O5. The molecule has 1 aromatic carbocycles. The summed E-state index contributed by atoms with van der Waals surface area (Å²) in [7, 11) is 1.46. The number of halogens is 1. The number of carbonyl (C=O) groups excluding carboxylic acids is 1. The second kappa shape index (κ2) is 10.3. The Morgan fingerprint density at radius 2 is 2.22 bits per heavy atom. The summed E-state index contributed by atoms with van der Waals surface area (Å²) in [5, 5.41) is 11.8. The second-order valence-electron chi connectivity index (χ2n) is 6.43. The fraction of sp³-hybridized carbons (Fsp3) is 0.556. The molecule has 0 bridgehead atoms. The molecule has 1 saturated heterocycles. The number of aliphatic carboxylic acids is 1. The third-order valence-electron chi connectivity index (χ3n) is 4.39. The van der Waals surface area contributed by atoms with E-state index in [0.717, 1.165) is 19.5 Å². The summed E-state index contributed by atoms with van der Waals surface area (Å²) in [4.78, 5) is 25.3. The number of morpholine rings is 1. The second-order valence-corrected chi connectivity index (χ2v) is 6.84. The fourth-order valence-electron chi connectivity index (χ4n) is 2.94. The van der Waals surface area contributed by atoms with E-state index in [9.17, 15) is 9.59 Å². The fourth-order valence-corrected chi connectivity index (χ4v) is 3.10. The molecule has 1 aliphatic heterocycles. The number of rotatable bonds is 9. The maximum absolute atomic E-state index is 12.5. The maximum Gasteiger partial charge on any atom is 0.303 e. The van der Waals surface area contributed by atoms with Gasteiger partial charge in [-0.3, -0.25) is 14.5 Å². The molecule has 2 rings (SSSR count). The average Bonchev–Trinajstić information content (AvgIpc) is 2.65. The van der Waals surface area contributed by atoms with Gasteiger partial charge in [-0.15, -0.1) is 0 Å². The molecule has 1 fully saturated rings. The first-order valence-corrected chi connectivity index (χ1v) is 9.25. The van der Waals surface area contributed by atoms with Gasteiger partial charge in [0.15, 0.2) is 0 Å². The summed E-state index contributed by atoms with van der Waals surface area (Å²) in [5.74, 6) is -0.717. The van der Waals surface area contributed by atoms with Gasteiger partial charge in [-0.2, -0.15) is 0 Å². The first-order valence-electron chi connectivity index (χ1n) is 8.87. The Kier molecular flexibility index (Phi) is 8.15. The van der Waals surface area contributed by atoms with Crippen molar-refractivity contribution in [2.45, 2.75) is 25.4 Å². The smallest absolute Gasteiger partial charge is 0.303 e. The molecule has 1 aliphatic rings. The third-order valence-corrected chi connectivity index (χ3v) is 4.72. The van der Waals surface area contributed by atoms with E-state index in [4.69, 9.17) is 31.9 Å². The van der Waals surface area contributed by atoms with Gasteiger partial charge < -0.3 is 25.6 Å². The third kappa shape index (κ3) is 6.57. The van der Waals surface area contributed by atoms with Crippen LogP contribution in [0.3, 0.4) is 0 Å². The summed E-state index contributed by atoms with van der Waals surface area (Å²) in [6, 6.07) is 3.01. The maximum atomic E-state index is 12.5. The van der Waals surface area contributed by atoms with E-state index >= 15 is 0 Å². The van der Waals surface area contributed by atoms with Crippen LogP contribution >= 0.6 is 11.6 Å². The van der Waals surface area contributed by atoms with Crippen molar-refractivity contribution in [1.82, 2.24) is 10.2 Å². The minimum absolute atomic E-state index is 0.127. The zero-order valence-electron chi connectivity index (χ0n) is 15.4. The Hall–Kier alpha value is -2.03. The van der Waals surface area contributed by atoms with E-state index in [1.165, 1.54) is 19.2 Å². The number of nitrogens with two attached hydrogens (primary N) is 1. The molecule has 0 unspecified atom stereocenters. The standard InChI is InChI=1S/C18H26ClN3O5/c1-26-16-9-15(20)14(19)8-13(16)18(25)21-10-12-11-22(6-7-27-12)5-3-2-4-17(23)24/h8-9,12H,2-7,10-11,20H2,1H3,(H,21,25)(H,23,24)/t12-/m1/s1. The van der Waals surface area contributed by atoms with E-state index < -0.39 is 5.97 Å². The number of carboxylic acids is 1. The molecule has 0 aliphatic carbocycles. The normalized spacial score (nSPS) is 17.5. The van der Waals surface area contributed by atoms with Gasteiger partial charge in [-0.05, 0) is 25.5 Å². The summed E-state index contributed by atoms with van der Waals surface area (Å²) in [6.07, 6.45) is 1.55. The lowest BCUT2D eigenvalue weighted by Crippen LogP contribution is -2.47. The van der Waals surface area contributed by atoms with Crippen LogP contribution in [0.15, 0.2) is 12.1 Å². The Labute approximate surface area is 163 Å². The molecule has 1 amide bonds. The molecule has 27 heavy (non-hydrogen) atoms. The number of ether oxygens (including phenoxy) is 2. The van der Waals surface area contributed by atoms with Crippen molar-refractivity contribution in [2.24, 2.45) is 0 Å². The lowest BCUT2D eigenvalue weighted by molar-refractivity contribution is -0.137. The van der Waals surface area contributed by atoms with Gasteiger partial charge in [0.25, 0.3) is 5.91 Å². The van der Waals surface area contributed by atoms with E-state index in [1.807, 2.05) is 0 Å². The van der Waals surface area contributed by atoms with Gasteiger partial charge >= 0.3 is 5.97 Å². The average molecular weight is 400 g/mol. The predicted octanol–water partition coefficient (Wildman–Crippen LogP) is 1.62. The van der Waals surface area contributed by atoms with Gasteiger partial charge in [0.1, 0.15) is 5.75 Å². The Morgan fingerprint density at radius 3 is 2.93 bits per heavy atom. The molecule has 0 radical (unpaired) electrons. The Bertz CT molecular complexity index is 671. The number of hydrogen-bond acceptors (Lipinski definition) is 6. The number of anilines is 1. The summed E-state index contributed by atoms with van der Waals surface area (Å²) in [5.41, 5.74) is 6.40. The number of carbonyl (C=O) groups is 2. The highest BCUT2D eigenvalue weighted by Crippen LogP contribution is 2.28. The Balaban J connectivity index is 1.82. The van der Waals surface area contributed by atoms with Crippen molar-refractivity contribution in [3.63, 3.8) is 0 Å². The minimum atomic E-state index is -0.768.